The van der Waals surface area contributed by atoms with E-state index in [9.17, 15) is 22.8 Å². The highest BCUT2D eigenvalue weighted by Crippen LogP contribution is 2.27. The van der Waals surface area contributed by atoms with Crippen molar-refractivity contribution >= 4 is 33.6 Å². The summed E-state index contributed by atoms with van der Waals surface area (Å²) in [5.74, 6) is -2.77. The van der Waals surface area contributed by atoms with E-state index in [1.165, 1.54) is 25.3 Å². The molecule has 0 fully saturated rings. The SMILES string of the molecule is COc1ccc(C(=O)OCC(=O)OCc2ccccc2)cc1NS(=O)(=O)CCC(N)=O. The third-order valence-electron chi connectivity index (χ3n) is 3.88. The lowest BCUT2D eigenvalue weighted by molar-refractivity contribution is -0.148. The molecule has 0 aliphatic heterocycles. The third-order valence-corrected chi connectivity index (χ3v) is 5.15. The molecule has 3 N–H and O–H groups in total. The number of ether oxygens (including phenoxy) is 3. The molecule has 2 aromatic rings. The first-order valence-electron chi connectivity index (χ1n) is 9.03. The number of nitrogens with two attached hydrogens (primary N) is 1. The van der Waals surface area contributed by atoms with Gasteiger partial charge in [0, 0.05) is 6.42 Å². The van der Waals surface area contributed by atoms with Crippen LogP contribution in [0, 0.1) is 0 Å². The van der Waals surface area contributed by atoms with Crippen molar-refractivity contribution < 1.29 is 37.0 Å². The largest absolute Gasteiger partial charge is 0.495 e. The van der Waals surface area contributed by atoms with Crippen LogP contribution in [0.4, 0.5) is 5.69 Å². The number of amides is 1. The van der Waals surface area contributed by atoms with Gasteiger partial charge in [-0.2, -0.15) is 0 Å². The second-order valence-corrected chi connectivity index (χ2v) is 8.12. The van der Waals surface area contributed by atoms with Crippen molar-refractivity contribution in [3.8, 4) is 5.75 Å². The molecule has 11 heteroatoms. The summed E-state index contributed by atoms with van der Waals surface area (Å²) in [6.45, 7) is -0.575. The predicted molar refractivity (Wildman–Crippen MR) is 111 cm³/mol. The van der Waals surface area contributed by atoms with Gasteiger partial charge in [0.15, 0.2) is 6.61 Å². The molecule has 0 spiro atoms. The van der Waals surface area contributed by atoms with E-state index in [0.29, 0.717) is 0 Å². The van der Waals surface area contributed by atoms with Crippen LogP contribution in [0.5, 0.6) is 5.75 Å². The first-order chi connectivity index (χ1) is 14.7. The van der Waals surface area contributed by atoms with Crippen molar-refractivity contribution in [2.45, 2.75) is 13.0 Å². The Hall–Kier alpha value is -3.60. The fourth-order valence-corrected chi connectivity index (χ4v) is 3.42. The topological polar surface area (TPSA) is 151 Å². The summed E-state index contributed by atoms with van der Waals surface area (Å²) >= 11 is 0. The average molecular weight is 450 g/mol. The minimum absolute atomic E-state index is 0.0238. The van der Waals surface area contributed by atoms with Gasteiger partial charge in [-0.1, -0.05) is 30.3 Å². The fraction of sp³-hybridized carbons (Fsp3) is 0.250. The van der Waals surface area contributed by atoms with E-state index < -0.39 is 40.2 Å². The number of methoxy groups -OCH3 is 1. The number of rotatable bonds is 11. The molecule has 0 bridgehead atoms. The molecule has 166 valence electrons. The Labute approximate surface area is 179 Å². The van der Waals surface area contributed by atoms with Crippen molar-refractivity contribution in [1.29, 1.82) is 0 Å². The van der Waals surface area contributed by atoms with E-state index in [-0.39, 0.29) is 30.0 Å². The van der Waals surface area contributed by atoms with Gasteiger partial charge >= 0.3 is 11.9 Å². The normalized spacial score (nSPS) is 10.7. The van der Waals surface area contributed by atoms with Gasteiger partial charge in [-0.3, -0.25) is 9.52 Å². The number of benzene rings is 2. The van der Waals surface area contributed by atoms with Gasteiger partial charge in [-0.05, 0) is 23.8 Å². The molecule has 0 saturated heterocycles. The summed E-state index contributed by atoms with van der Waals surface area (Å²) in [7, 11) is -2.60. The Balaban J connectivity index is 1.98. The van der Waals surface area contributed by atoms with Gasteiger partial charge in [-0.25, -0.2) is 18.0 Å². The van der Waals surface area contributed by atoms with Gasteiger partial charge in [-0.15, -0.1) is 0 Å². The molecule has 0 aliphatic carbocycles. The molecule has 2 rings (SSSR count). The van der Waals surface area contributed by atoms with Crippen molar-refractivity contribution in [3.63, 3.8) is 0 Å². The molecule has 2 aromatic carbocycles. The molecular formula is C20H22N2O8S. The third kappa shape index (κ3) is 7.97. The van der Waals surface area contributed by atoms with Crippen LogP contribution in [0.1, 0.15) is 22.3 Å². The summed E-state index contributed by atoms with van der Waals surface area (Å²) < 4.78 is 41.5. The molecule has 0 unspecified atom stereocenters. The smallest absolute Gasteiger partial charge is 0.344 e. The van der Waals surface area contributed by atoms with E-state index in [1.54, 1.807) is 24.3 Å². The Morgan fingerprint density at radius 2 is 1.74 bits per heavy atom. The van der Waals surface area contributed by atoms with Crippen LogP contribution >= 0.6 is 0 Å². The zero-order chi connectivity index (χ0) is 22.9. The fourth-order valence-electron chi connectivity index (χ4n) is 2.36. The zero-order valence-electron chi connectivity index (χ0n) is 16.7. The molecule has 0 saturated carbocycles. The lowest BCUT2D eigenvalue weighted by Gasteiger charge is -2.13. The molecular weight excluding hydrogens is 428 g/mol. The molecule has 31 heavy (non-hydrogen) atoms. The van der Waals surface area contributed by atoms with Crippen molar-refractivity contribution in [2.24, 2.45) is 5.73 Å². The Morgan fingerprint density at radius 1 is 1.03 bits per heavy atom. The number of nitrogens with one attached hydrogen (secondary N) is 1. The van der Waals surface area contributed by atoms with Gasteiger partial charge < -0.3 is 19.9 Å². The minimum atomic E-state index is -3.92. The van der Waals surface area contributed by atoms with Crippen LogP contribution in [0.2, 0.25) is 0 Å². The van der Waals surface area contributed by atoms with Crippen LogP contribution in [-0.2, 0) is 35.7 Å². The Bertz CT molecular complexity index is 1040. The van der Waals surface area contributed by atoms with Gasteiger partial charge in [0.25, 0.3) is 0 Å². The highest BCUT2D eigenvalue weighted by Gasteiger charge is 2.18. The van der Waals surface area contributed by atoms with Crippen molar-refractivity contribution in [2.75, 3.05) is 24.2 Å². The highest BCUT2D eigenvalue weighted by molar-refractivity contribution is 7.92. The standard InChI is InChI=1S/C20H22N2O8S/c1-28-17-8-7-15(11-16(17)22-31(26,27)10-9-18(21)23)20(25)30-13-19(24)29-12-14-5-3-2-4-6-14/h2-8,11,22H,9-10,12-13H2,1H3,(H2,21,23). The molecule has 0 radical (unpaired) electrons. The zero-order valence-corrected chi connectivity index (χ0v) is 17.5. The number of hydrogen-bond donors (Lipinski definition) is 2. The van der Waals surface area contributed by atoms with Crippen molar-refractivity contribution in [1.82, 2.24) is 0 Å². The minimum Gasteiger partial charge on any atom is -0.495 e. The number of primary amides is 1. The maximum Gasteiger partial charge on any atom is 0.344 e. The molecule has 0 atom stereocenters. The predicted octanol–water partition coefficient (Wildman–Crippen LogP) is 1.21. The van der Waals surface area contributed by atoms with Crippen LogP contribution in [0.3, 0.4) is 0 Å². The van der Waals surface area contributed by atoms with E-state index in [4.69, 9.17) is 19.9 Å². The van der Waals surface area contributed by atoms with E-state index in [1.807, 2.05) is 6.07 Å². The summed E-state index contributed by atoms with van der Waals surface area (Å²) in [4.78, 5) is 34.9. The van der Waals surface area contributed by atoms with Crippen LogP contribution in [0.15, 0.2) is 48.5 Å². The monoisotopic (exact) mass is 450 g/mol. The van der Waals surface area contributed by atoms with E-state index in [2.05, 4.69) is 4.72 Å². The molecule has 10 nitrogen and oxygen atoms in total. The lowest BCUT2D eigenvalue weighted by atomic mass is 10.2. The first kappa shape index (κ1) is 23.7. The summed E-state index contributed by atoms with van der Waals surface area (Å²) in [5.41, 5.74) is 5.70. The first-order valence-corrected chi connectivity index (χ1v) is 10.7. The highest BCUT2D eigenvalue weighted by atomic mass is 32.2. The van der Waals surface area contributed by atoms with Crippen molar-refractivity contribution in [3.05, 3.63) is 59.7 Å². The van der Waals surface area contributed by atoms with Crippen LogP contribution < -0.4 is 15.2 Å². The Kier molecular flexibility index (Phi) is 8.38. The summed E-state index contributed by atoms with van der Waals surface area (Å²) in [5, 5.41) is 0. The summed E-state index contributed by atoms with van der Waals surface area (Å²) in [6, 6.07) is 12.9. The number of esters is 2. The van der Waals surface area contributed by atoms with E-state index in [0.717, 1.165) is 5.56 Å². The van der Waals surface area contributed by atoms with Gasteiger partial charge in [0.2, 0.25) is 15.9 Å². The molecule has 1 amide bonds. The van der Waals surface area contributed by atoms with E-state index >= 15 is 0 Å². The van der Waals surface area contributed by atoms with Gasteiger partial charge in [0.1, 0.15) is 12.4 Å². The molecule has 0 aromatic heterocycles. The van der Waals surface area contributed by atoms with Crippen LogP contribution in [-0.4, -0.2) is 45.7 Å². The summed E-state index contributed by atoms with van der Waals surface area (Å²) in [6.07, 6.45) is -0.371. The van der Waals surface area contributed by atoms with Crippen LogP contribution in [0.25, 0.3) is 0 Å². The Morgan fingerprint density at radius 3 is 2.39 bits per heavy atom. The number of hydrogen-bond acceptors (Lipinski definition) is 8. The maximum absolute atomic E-state index is 12.2. The van der Waals surface area contributed by atoms with Gasteiger partial charge in [0.05, 0.1) is 24.1 Å². The maximum atomic E-state index is 12.2. The lowest BCUT2D eigenvalue weighted by Crippen LogP contribution is -2.22. The quantitative estimate of drug-likeness (QED) is 0.485. The number of anilines is 1. The number of sulfonamides is 1. The second kappa shape index (κ2) is 11.0. The molecule has 0 heterocycles. The molecule has 0 aliphatic rings. The second-order valence-electron chi connectivity index (χ2n) is 6.27. The number of carbonyl (C=O) groups is 3. The average Bonchev–Trinajstić information content (AvgIpc) is 2.75. The number of carbonyl (C=O) groups excluding carboxylic acids is 3.